The van der Waals surface area contributed by atoms with Gasteiger partial charge in [0.25, 0.3) is 0 Å². The van der Waals surface area contributed by atoms with Crippen molar-refractivity contribution < 1.29 is 22.7 Å². The third kappa shape index (κ3) is 3.36. The Labute approximate surface area is 101 Å². The zero-order valence-electron chi connectivity index (χ0n) is 9.14. The monoisotopic (exact) mass is 266 g/mol. The lowest BCUT2D eigenvalue weighted by molar-refractivity contribution is -0.138. The molecule has 0 heterocycles. The zero-order chi connectivity index (χ0) is 13.2. The van der Waals surface area contributed by atoms with Crippen molar-refractivity contribution in [3.05, 3.63) is 34.3 Å². The molecule has 0 aromatic heterocycles. The Bertz CT molecular complexity index is 427. The molecule has 0 amide bonds. The minimum atomic E-state index is -4.64. The van der Waals surface area contributed by atoms with Crippen LogP contribution in [-0.4, -0.2) is 12.1 Å². The van der Waals surface area contributed by atoms with Crippen LogP contribution in [0.25, 0.3) is 0 Å². The summed E-state index contributed by atoms with van der Waals surface area (Å²) in [5.41, 5.74) is -1.73. The van der Waals surface area contributed by atoms with Gasteiger partial charge in [0.15, 0.2) is 0 Å². The number of hydrogen-bond donors (Lipinski definition) is 0. The van der Waals surface area contributed by atoms with Crippen LogP contribution in [0.15, 0.2) is 18.2 Å². The Morgan fingerprint density at radius 3 is 2.41 bits per heavy atom. The van der Waals surface area contributed by atoms with Crippen LogP contribution >= 0.6 is 11.6 Å². The lowest BCUT2D eigenvalue weighted by Crippen LogP contribution is -2.18. The maximum Gasteiger partial charge on any atom is 0.417 e. The Morgan fingerprint density at radius 2 is 1.94 bits per heavy atom. The quantitative estimate of drug-likeness (QED) is 0.758. The van der Waals surface area contributed by atoms with E-state index in [2.05, 4.69) is 0 Å². The van der Waals surface area contributed by atoms with Gasteiger partial charge in [-0.05, 0) is 26.0 Å². The molecular formula is C11H10ClF3O2. The van der Waals surface area contributed by atoms with Gasteiger partial charge in [-0.2, -0.15) is 13.2 Å². The molecule has 0 atom stereocenters. The van der Waals surface area contributed by atoms with Gasteiger partial charge in [-0.25, -0.2) is 4.79 Å². The Balaban J connectivity index is 3.26. The minimum Gasteiger partial charge on any atom is -0.459 e. The van der Waals surface area contributed by atoms with E-state index in [0.717, 1.165) is 12.1 Å². The summed E-state index contributed by atoms with van der Waals surface area (Å²) in [5, 5.41) is -0.273. The number of hydrogen-bond acceptors (Lipinski definition) is 2. The molecule has 0 N–H and O–H groups in total. The maximum absolute atomic E-state index is 12.7. The van der Waals surface area contributed by atoms with Gasteiger partial charge in [-0.3, -0.25) is 0 Å². The normalized spacial score (nSPS) is 11.7. The first-order chi connectivity index (χ1) is 7.73. The molecule has 0 saturated carbocycles. The molecule has 1 aromatic rings. The van der Waals surface area contributed by atoms with Crippen molar-refractivity contribution in [3.8, 4) is 0 Å². The molecule has 0 aliphatic heterocycles. The number of benzene rings is 1. The summed E-state index contributed by atoms with van der Waals surface area (Å²) in [4.78, 5) is 11.5. The predicted molar refractivity (Wildman–Crippen MR) is 57.0 cm³/mol. The van der Waals surface area contributed by atoms with E-state index in [1.54, 1.807) is 13.8 Å². The minimum absolute atomic E-state index is 0.273. The number of carbonyl (C=O) groups is 1. The highest BCUT2D eigenvalue weighted by molar-refractivity contribution is 6.33. The van der Waals surface area contributed by atoms with Crippen LogP contribution in [0.3, 0.4) is 0 Å². The van der Waals surface area contributed by atoms with Gasteiger partial charge in [0.1, 0.15) is 0 Å². The lowest BCUT2D eigenvalue weighted by Gasteiger charge is -2.14. The standard InChI is InChI=1S/C11H10ClF3O2/c1-6(2)17-10(16)9-7(11(13,14)15)4-3-5-8(9)12/h3-6H,1-2H3. The van der Waals surface area contributed by atoms with Gasteiger partial charge < -0.3 is 4.74 Å². The predicted octanol–water partition coefficient (Wildman–Crippen LogP) is 3.92. The second-order valence-electron chi connectivity index (χ2n) is 3.61. The van der Waals surface area contributed by atoms with Crippen LogP contribution in [0.5, 0.6) is 0 Å². The molecule has 0 aliphatic rings. The molecule has 6 heteroatoms. The second-order valence-corrected chi connectivity index (χ2v) is 4.02. The SMILES string of the molecule is CC(C)OC(=O)c1c(Cl)cccc1C(F)(F)F. The molecule has 0 fully saturated rings. The second kappa shape index (κ2) is 4.96. The number of ether oxygens (including phenoxy) is 1. The van der Waals surface area contributed by atoms with Crippen LogP contribution in [0.4, 0.5) is 13.2 Å². The number of carbonyl (C=O) groups excluding carboxylic acids is 1. The average molecular weight is 267 g/mol. The van der Waals surface area contributed by atoms with Crippen molar-refractivity contribution in [2.75, 3.05) is 0 Å². The fraction of sp³-hybridized carbons (Fsp3) is 0.364. The van der Waals surface area contributed by atoms with E-state index < -0.39 is 29.4 Å². The molecule has 0 radical (unpaired) electrons. The molecule has 2 nitrogen and oxygen atoms in total. The first kappa shape index (κ1) is 13.8. The van der Waals surface area contributed by atoms with Gasteiger partial charge in [0.2, 0.25) is 0 Å². The lowest BCUT2D eigenvalue weighted by atomic mass is 10.1. The van der Waals surface area contributed by atoms with Gasteiger partial charge in [-0.15, -0.1) is 0 Å². The first-order valence-corrected chi connectivity index (χ1v) is 5.18. The van der Waals surface area contributed by atoms with Crippen LogP contribution in [0.1, 0.15) is 29.8 Å². The van der Waals surface area contributed by atoms with Crippen LogP contribution in [-0.2, 0) is 10.9 Å². The molecule has 0 spiro atoms. The number of esters is 1. The largest absolute Gasteiger partial charge is 0.459 e. The fourth-order valence-electron chi connectivity index (χ4n) is 1.24. The summed E-state index contributed by atoms with van der Waals surface area (Å²) in [7, 11) is 0. The van der Waals surface area contributed by atoms with Crippen LogP contribution in [0, 0.1) is 0 Å². The molecule has 1 aromatic carbocycles. The third-order valence-corrected chi connectivity index (χ3v) is 2.18. The van der Waals surface area contributed by atoms with Crippen LogP contribution < -0.4 is 0 Å². The Hall–Kier alpha value is -1.23. The summed E-state index contributed by atoms with van der Waals surface area (Å²) in [6.07, 6.45) is -5.16. The number of halogens is 4. The first-order valence-electron chi connectivity index (χ1n) is 4.80. The molecule has 0 saturated heterocycles. The van der Waals surface area contributed by atoms with Crippen molar-refractivity contribution in [3.63, 3.8) is 0 Å². The van der Waals surface area contributed by atoms with Crippen LogP contribution in [0.2, 0.25) is 5.02 Å². The molecule has 0 bridgehead atoms. The zero-order valence-corrected chi connectivity index (χ0v) is 9.89. The number of alkyl halides is 3. The highest BCUT2D eigenvalue weighted by Crippen LogP contribution is 2.35. The smallest absolute Gasteiger partial charge is 0.417 e. The summed E-state index contributed by atoms with van der Waals surface area (Å²) in [6.45, 7) is 3.09. The topological polar surface area (TPSA) is 26.3 Å². The van der Waals surface area contributed by atoms with Gasteiger partial charge in [0, 0.05) is 0 Å². The van der Waals surface area contributed by atoms with Crippen molar-refractivity contribution in [2.24, 2.45) is 0 Å². The average Bonchev–Trinajstić information content (AvgIpc) is 2.14. The Kier molecular flexibility index (Phi) is 4.03. The van der Waals surface area contributed by atoms with E-state index in [1.165, 1.54) is 6.07 Å². The highest BCUT2D eigenvalue weighted by atomic mass is 35.5. The van der Waals surface area contributed by atoms with Crippen molar-refractivity contribution in [1.29, 1.82) is 0 Å². The van der Waals surface area contributed by atoms with Gasteiger partial charge in [0.05, 0.1) is 22.3 Å². The molecule has 94 valence electrons. The van der Waals surface area contributed by atoms with Gasteiger partial charge in [-0.1, -0.05) is 17.7 Å². The van der Waals surface area contributed by atoms with E-state index in [0.29, 0.717) is 0 Å². The van der Waals surface area contributed by atoms with E-state index in [1.807, 2.05) is 0 Å². The highest BCUT2D eigenvalue weighted by Gasteiger charge is 2.36. The molecular weight excluding hydrogens is 257 g/mol. The maximum atomic E-state index is 12.7. The van der Waals surface area contributed by atoms with Crippen molar-refractivity contribution >= 4 is 17.6 Å². The van der Waals surface area contributed by atoms with E-state index in [-0.39, 0.29) is 5.02 Å². The van der Waals surface area contributed by atoms with Crippen molar-refractivity contribution in [2.45, 2.75) is 26.1 Å². The van der Waals surface area contributed by atoms with E-state index in [9.17, 15) is 18.0 Å². The number of rotatable bonds is 2. The summed E-state index contributed by atoms with van der Waals surface area (Å²) >= 11 is 5.61. The van der Waals surface area contributed by atoms with Crippen molar-refractivity contribution in [1.82, 2.24) is 0 Å². The molecule has 0 aliphatic carbocycles. The molecule has 17 heavy (non-hydrogen) atoms. The van der Waals surface area contributed by atoms with E-state index in [4.69, 9.17) is 16.3 Å². The van der Waals surface area contributed by atoms with E-state index >= 15 is 0 Å². The fourth-order valence-corrected chi connectivity index (χ4v) is 1.49. The summed E-state index contributed by atoms with van der Waals surface area (Å²) in [6, 6.07) is 3.15. The summed E-state index contributed by atoms with van der Waals surface area (Å²) < 4.78 is 42.7. The Morgan fingerprint density at radius 1 is 1.35 bits per heavy atom. The summed E-state index contributed by atoms with van der Waals surface area (Å²) in [5.74, 6) is -1.07. The molecule has 1 rings (SSSR count). The van der Waals surface area contributed by atoms with Gasteiger partial charge >= 0.3 is 12.1 Å². The molecule has 0 unspecified atom stereocenters. The third-order valence-electron chi connectivity index (χ3n) is 1.87.